The van der Waals surface area contributed by atoms with Crippen molar-refractivity contribution in [3.8, 4) is 5.75 Å². The summed E-state index contributed by atoms with van der Waals surface area (Å²) >= 11 is 0. The number of rotatable bonds is 4. The molecule has 88 valence electrons. The fourth-order valence-electron chi connectivity index (χ4n) is 2.00. The van der Waals surface area contributed by atoms with Gasteiger partial charge in [-0.1, -0.05) is 17.7 Å². The highest BCUT2D eigenvalue weighted by Crippen LogP contribution is 2.28. The van der Waals surface area contributed by atoms with E-state index in [1.807, 2.05) is 6.92 Å². The van der Waals surface area contributed by atoms with Crippen LogP contribution >= 0.6 is 0 Å². The summed E-state index contributed by atoms with van der Waals surface area (Å²) < 4.78 is 5.98. The molecular formula is C14H21NO. The van der Waals surface area contributed by atoms with Crippen molar-refractivity contribution < 1.29 is 4.74 Å². The van der Waals surface area contributed by atoms with Crippen LogP contribution in [0, 0.1) is 6.92 Å². The summed E-state index contributed by atoms with van der Waals surface area (Å²) in [4.78, 5) is 0. The topological polar surface area (TPSA) is 35.2 Å². The third-order valence-corrected chi connectivity index (χ3v) is 3.10. The number of benzene rings is 1. The van der Waals surface area contributed by atoms with Crippen molar-refractivity contribution >= 4 is 0 Å². The van der Waals surface area contributed by atoms with Gasteiger partial charge in [0.25, 0.3) is 0 Å². The van der Waals surface area contributed by atoms with Crippen molar-refractivity contribution in [2.75, 3.05) is 0 Å². The van der Waals surface area contributed by atoms with Gasteiger partial charge in [0.1, 0.15) is 5.75 Å². The minimum Gasteiger partial charge on any atom is -0.490 e. The molecule has 2 heteroatoms. The van der Waals surface area contributed by atoms with Crippen LogP contribution in [0.15, 0.2) is 18.2 Å². The van der Waals surface area contributed by atoms with Crippen molar-refractivity contribution in [1.82, 2.24) is 0 Å². The van der Waals surface area contributed by atoms with Crippen LogP contribution in [0.25, 0.3) is 0 Å². The highest BCUT2D eigenvalue weighted by molar-refractivity contribution is 5.37. The molecule has 0 bridgehead atoms. The van der Waals surface area contributed by atoms with Crippen LogP contribution in [0.3, 0.4) is 0 Å². The maximum absolute atomic E-state index is 5.98. The minimum absolute atomic E-state index is 0.186. The molecule has 16 heavy (non-hydrogen) atoms. The second kappa shape index (κ2) is 4.88. The first-order valence-electron chi connectivity index (χ1n) is 6.17. The van der Waals surface area contributed by atoms with E-state index in [4.69, 9.17) is 10.5 Å². The van der Waals surface area contributed by atoms with Crippen molar-refractivity contribution in [3.63, 3.8) is 0 Å². The molecule has 2 rings (SSSR count). The summed E-state index contributed by atoms with van der Waals surface area (Å²) in [7, 11) is 0. The molecule has 1 aliphatic rings. The minimum atomic E-state index is 0.186. The third-order valence-electron chi connectivity index (χ3n) is 3.10. The van der Waals surface area contributed by atoms with Gasteiger partial charge in [-0.25, -0.2) is 0 Å². The normalized spacial score (nSPS) is 17.9. The molecule has 0 aliphatic heterocycles. The molecule has 1 unspecified atom stereocenters. The second-order valence-electron chi connectivity index (χ2n) is 4.96. The van der Waals surface area contributed by atoms with Crippen LogP contribution < -0.4 is 10.5 Å². The van der Waals surface area contributed by atoms with Crippen molar-refractivity contribution in [2.45, 2.75) is 51.7 Å². The Labute approximate surface area is 97.8 Å². The number of hydrogen-bond donors (Lipinski definition) is 1. The monoisotopic (exact) mass is 219 g/mol. The molecule has 1 saturated carbocycles. The van der Waals surface area contributed by atoms with Gasteiger partial charge in [-0.2, -0.15) is 0 Å². The van der Waals surface area contributed by atoms with Gasteiger partial charge in [0, 0.05) is 6.04 Å². The molecule has 1 fully saturated rings. The molecule has 0 radical (unpaired) electrons. The van der Waals surface area contributed by atoms with Gasteiger partial charge in [-0.3, -0.25) is 0 Å². The van der Waals surface area contributed by atoms with Crippen LogP contribution in [-0.4, -0.2) is 12.1 Å². The van der Waals surface area contributed by atoms with Gasteiger partial charge < -0.3 is 10.5 Å². The predicted octanol–water partition coefficient (Wildman–Crippen LogP) is 2.82. The molecule has 0 spiro atoms. The van der Waals surface area contributed by atoms with Gasteiger partial charge in [0.05, 0.1) is 6.10 Å². The molecule has 0 aromatic heterocycles. The number of ether oxygens (including phenoxy) is 1. The highest BCUT2D eigenvalue weighted by Gasteiger charge is 2.20. The van der Waals surface area contributed by atoms with E-state index in [0.717, 1.165) is 12.2 Å². The number of hydrogen-bond acceptors (Lipinski definition) is 2. The van der Waals surface area contributed by atoms with Gasteiger partial charge in [-0.15, -0.1) is 0 Å². The third kappa shape index (κ3) is 2.76. The first-order chi connectivity index (χ1) is 7.65. The summed E-state index contributed by atoms with van der Waals surface area (Å²) in [6.07, 6.45) is 5.04. The van der Waals surface area contributed by atoms with E-state index < -0.39 is 0 Å². The number of nitrogens with two attached hydrogens (primary N) is 1. The Morgan fingerprint density at radius 1 is 1.44 bits per heavy atom. The lowest BCUT2D eigenvalue weighted by Crippen LogP contribution is -2.26. The zero-order valence-corrected chi connectivity index (χ0v) is 10.2. The van der Waals surface area contributed by atoms with Gasteiger partial charge in [0.2, 0.25) is 0 Å². The Morgan fingerprint density at radius 2 is 2.19 bits per heavy atom. The summed E-state index contributed by atoms with van der Waals surface area (Å²) in [5, 5.41) is 0. The summed E-state index contributed by atoms with van der Waals surface area (Å²) in [6.45, 7) is 4.15. The van der Waals surface area contributed by atoms with E-state index in [-0.39, 0.29) is 6.04 Å². The largest absolute Gasteiger partial charge is 0.490 e. The molecule has 1 aromatic rings. The molecule has 1 aliphatic carbocycles. The van der Waals surface area contributed by atoms with Crippen molar-refractivity contribution in [1.29, 1.82) is 0 Å². The van der Waals surface area contributed by atoms with Gasteiger partial charge >= 0.3 is 0 Å². The van der Waals surface area contributed by atoms with Crippen LogP contribution in [0.1, 0.15) is 37.3 Å². The lowest BCUT2D eigenvalue weighted by atomic mass is 9.96. The van der Waals surface area contributed by atoms with Crippen molar-refractivity contribution in [2.24, 2.45) is 5.73 Å². The molecule has 1 atom stereocenters. The zero-order chi connectivity index (χ0) is 11.5. The lowest BCUT2D eigenvalue weighted by Gasteiger charge is -2.28. The Hall–Kier alpha value is -1.02. The molecule has 1 aromatic carbocycles. The van der Waals surface area contributed by atoms with Crippen LogP contribution in [0.4, 0.5) is 0 Å². The Balaban J connectivity index is 2.13. The van der Waals surface area contributed by atoms with E-state index >= 15 is 0 Å². The Bertz CT molecular complexity index is 356. The predicted molar refractivity (Wildman–Crippen MR) is 66.8 cm³/mol. The number of aryl methyl sites for hydroxylation is 1. The molecule has 2 nitrogen and oxygen atoms in total. The molecule has 0 heterocycles. The second-order valence-corrected chi connectivity index (χ2v) is 4.96. The Kier molecular flexibility index (Phi) is 3.49. The summed E-state index contributed by atoms with van der Waals surface area (Å²) in [5.74, 6) is 1.03. The smallest absolute Gasteiger partial charge is 0.122 e. The molecule has 2 N–H and O–H groups in total. The first-order valence-corrected chi connectivity index (χ1v) is 6.17. The average Bonchev–Trinajstić information content (AvgIpc) is 2.12. The van der Waals surface area contributed by atoms with E-state index in [1.165, 1.54) is 30.4 Å². The summed E-state index contributed by atoms with van der Waals surface area (Å²) in [5.41, 5.74) is 8.39. The fraction of sp³-hybridized carbons (Fsp3) is 0.571. The maximum Gasteiger partial charge on any atom is 0.122 e. The first kappa shape index (κ1) is 11.5. The lowest BCUT2D eigenvalue weighted by molar-refractivity contribution is 0.119. The molecule has 0 saturated heterocycles. The van der Waals surface area contributed by atoms with Gasteiger partial charge in [0.15, 0.2) is 0 Å². The highest BCUT2D eigenvalue weighted by atomic mass is 16.5. The standard InChI is InChI=1S/C14H21NO/c1-10-6-7-14(16-13-4-3-5-13)12(8-10)9-11(2)15/h6-8,11,13H,3-5,9,15H2,1-2H3. The quantitative estimate of drug-likeness (QED) is 0.845. The van der Waals surface area contributed by atoms with Crippen LogP contribution in [0.2, 0.25) is 0 Å². The SMILES string of the molecule is Cc1ccc(OC2CCC2)c(CC(C)N)c1. The fourth-order valence-corrected chi connectivity index (χ4v) is 2.00. The van der Waals surface area contributed by atoms with E-state index in [2.05, 4.69) is 25.1 Å². The molecular weight excluding hydrogens is 198 g/mol. The van der Waals surface area contributed by atoms with Crippen molar-refractivity contribution in [3.05, 3.63) is 29.3 Å². The summed E-state index contributed by atoms with van der Waals surface area (Å²) in [6, 6.07) is 6.58. The maximum atomic E-state index is 5.98. The van der Waals surface area contributed by atoms with E-state index in [9.17, 15) is 0 Å². The van der Waals surface area contributed by atoms with E-state index in [0.29, 0.717) is 6.10 Å². The van der Waals surface area contributed by atoms with Gasteiger partial charge in [-0.05, 0) is 51.2 Å². The zero-order valence-electron chi connectivity index (χ0n) is 10.2. The van der Waals surface area contributed by atoms with E-state index in [1.54, 1.807) is 0 Å². The average molecular weight is 219 g/mol. The molecule has 0 amide bonds. The van der Waals surface area contributed by atoms with Crippen LogP contribution in [-0.2, 0) is 6.42 Å². The Morgan fingerprint density at radius 3 is 2.75 bits per heavy atom. The van der Waals surface area contributed by atoms with Crippen LogP contribution in [0.5, 0.6) is 5.75 Å².